The Morgan fingerprint density at radius 1 is 1.04 bits per heavy atom. The van der Waals surface area contributed by atoms with Crippen LogP contribution >= 0.6 is 23.4 Å². The van der Waals surface area contributed by atoms with Crippen molar-refractivity contribution in [1.29, 1.82) is 0 Å². The highest BCUT2D eigenvalue weighted by molar-refractivity contribution is 7.99. The number of anilines is 1. The van der Waals surface area contributed by atoms with E-state index in [0.717, 1.165) is 4.90 Å². The summed E-state index contributed by atoms with van der Waals surface area (Å²) in [6.45, 7) is 4.24. The molecule has 0 aliphatic heterocycles. The summed E-state index contributed by atoms with van der Waals surface area (Å²) in [7, 11) is 1.53. The van der Waals surface area contributed by atoms with E-state index in [0.29, 0.717) is 27.1 Å². The Morgan fingerprint density at radius 2 is 1.71 bits per heavy atom. The van der Waals surface area contributed by atoms with Gasteiger partial charge in [0.15, 0.2) is 0 Å². The van der Waals surface area contributed by atoms with Crippen LogP contribution in [0.25, 0.3) is 0 Å². The number of rotatable bonds is 5. The lowest BCUT2D eigenvalue weighted by Crippen LogP contribution is -2.19. The van der Waals surface area contributed by atoms with E-state index in [-0.39, 0.29) is 11.8 Å². The minimum atomic E-state index is -0.300. The van der Waals surface area contributed by atoms with Crippen molar-refractivity contribution in [2.45, 2.75) is 24.0 Å². The van der Waals surface area contributed by atoms with Crippen LogP contribution in [0.15, 0.2) is 47.4 Å². The third-order valence-electron chi connectivity index (χ3n) is 3.18. The molecule has 0 fully saturated rings. The first kappa shape index (κ1) is 18.4. The van der Waals surface area contributed by atoms with Crippen LogP contribution in [0.3, 0.4) is 0 Å². The van der Waals surface area contributed by atoms with Gasteiger partial charge in [0.25, 0.3) is 11.8 Å². The lowest BCUT2D eigenvalue weighted by atomic mass is 10.1. The van der Waals surface area contributed by atoms with Crippen molar-refractivity contribution < 1.29 is 9.59 Å². The van der Waals surface area contributed by atoms with Crippen LogP contribution in [0.5, 0.6) is 0 Å². The number of amides is 2. The van der Waals surface area contributed by atoms with Gasteiger partial charge >= 0.3 is 0 Å². The lowest BCUT2D eigenvalue weighted by molar-refractivity contribution is 0.0961. The molecule has 0 spiro atoms. The number of halogens is 1. The van der Waals surface area contributed by atoms with Crippen LogP contribution in [0.2, 0.25) is 5.02 Å². The molecule has 0 bridgehead atoms. The highest BCUT2D eigenvalue weighted by atomic mass is 35.5. The second kappa shape index (κ2) is 8.22. The Kier molecular flexibility index (Phi) is 6.29. The fourth-order valence-electron chi connectivity index (χ4n) is 2.07. The van der Waals surface area contributed by atoms with Gasteiger partial charge < -0.3 is 10.6 Å². The van der Waals surface area contributed by atoms with Crippen LogP contribution in [0.4, 0.5) is 5.69 Å². The highest BCUT2D eigenvalue weighted by Gasteiger charge is 2.12. The summed E-state index contributed by atoms with van der Waals surface area (Å²) in [5.41, 5.74) is 1.39. The molecule has 24 heavy (non-hydrogen) atoms. The van der Waals surface area contributed by atoms with Gasteiger partial charge in [-0.15, -0.1) is 11.8 Å². The number of hydrogen-bond acceptors (Lipinski definition) is 3. The van der Waals surface area contributed by atoms with Gasteiger partial charge in [0.05, 0.1) is 10.6 Å². The van der Waals surface area contributed by atoms with E-state index >= 15 is 0 Å². The standard InChI is InChI=1S/C18H19ClN2O2S/c1-11(2)24-14-7-4-12(5-8-14)17(22)21-13-6-9-16(19)15(10-13)18(23)20-3/h4-11H,1-3H3,(H,20,23)(H,21,22). The number of carbonyl (C=O) groups excluding carboxylic acids is 2. The van der Waals surface area contributed by atoms with Crippen molar-refractivity contribution in [2.24, 2.45) is 0 Å². The van der Waals surface area contributed by atoms with Crippen LogP contribution in [0.1, 0.15) is 34.6 Å². The van der Waals surface area contributed by atoms with Gasteiger partial charge in [0, 0.05) is 28.4 Å². The number of nitrogens with one attached hydrogen (secondary N) is 2. The van der Waals surface area contributed by atoms with Gasteiger partial charge in [-0.3, -0.25) is 9.59 Å². The molecule has 2 aromatic rings. The molecule has 0 atom stereocenters. The van der Waals surface area contributed by atoms with E-state index in [4.69, 9.17) is 11.6 Å². The van der Waals surface area contributed by atoms with Gasteiger partial charge in [0.1, 0.15) is 0 Å². The third-order valence-corrected chi connectivity index (χ3v) is 4.53. The maximum Gasteiger partial charge on any atom is 0.255 e. The monoisotopic (exact) mass is 362 g/mol. The van der Waals surface area contributed by atoms with Gasteiger partial charge in [-0.2, -0.15) is 0 Å². The molecule has 0 aliphatic carbocycles. The summed E-state index contributed by atoms with van der Waals surface area (Å²) in [5.74, 6) is -0.535. The second-order valence-corrected chi connectivity index (χ2v) is 7.48. The Balaban J connectivity index is 2.13. The average molecular weight is 363 g/mol. The third kappa shape index (κ3) is 4.76. The van der Waals surface area contributed by atoms with Crippen LogP contribution < -0.4 is 10.6 Å². The molecule has 126 valence electrons. The highest BCUT2D eigenvalue weighted by Crippen LogP contribution is 2.24. The first-order chi connectivity index (χ1) is 11.4. The minimum Gasteiger partial charge on any atom is -0.355 e. The molecule has 4 nitrogen and oxygen atoms in total. The second-order valence-electron chi connectivity index (χ2n) is 5.42. The fraction of sp³-hybridized carbons (Fsp3) is 0.222. The van der Waals surface area contributed by atoms with E-state index < -0.39 is 0 Å². The number of thioether (sulfide) groups is 1. The predicted octanol–water partition coefficient (Wildman–Crippen LogP) is 4.45. The van der Waals surface area contributed by atoms with Gasteiger partial charge in [0.2, 0.25) is 0 Å². The molecular weight excluding hydrogens is 344 g/mol. The molecule has 0 unspecified atom stereocenters. The van der Waals surface area contributed by atoms with Crippen molar-refractivity contribution in [3.63, 3.8) is 0 Å². The molecule has 0 aliphatic rings. The van der Waals surface area contributed by atoms with Gasteiger partial charge in [-0.1, -0.05) is 25.4 Å². The molecular formula is C18H19ClN2O2S. The Labute approximate surface area is 151 Å². The van der Waals surface area contributed by atoms with Crippen LogP contribution in [-0.2, 0) is 0 Å². The van der Waals surface area contributed by atoms with Crippen molar-refractivity contribution in [3.05, 3.63) is 58.6 Å². The van der Waals surface area contributed by atoms with Gasteiger partial charge in [-0.05, 0) is 42.5 Å². The zero-order valence-corrected chi connectivity index (χ0v) is 15.3. The van der Waals surface area contributed by atoms with Crippen LogP contribution in [0, 0.1) is 0 Å². The fourth-order valence-corrected chi connectivity index (χ4v) is 3.11. The quantitative estimate of drug-likeness (QED) is 0.772. The zero-order chi connectivity index (χ0) is 17.7. The molecule has 6 heteroatoms. The van der Waals surface area contributed by atoms with Crippen molar-refractivity contribution in [1.82, 2.24) is 5.32 Å². The smallest absolute Gasteiger partial charge is 0.255 e. The molecule has 2 rings (SSSR count). The van der Waals surface area contributed by atoms with Crippen LogP contribution in [-0.4, -0.2) is 24.1 Å². The van der Waals surface area contributed by atoms with Crippen molar-refractivity contribution in [2.75, 3.05) is 12.4 Å². The number of benzene rings is 2. The summed E-state index contributed by atoms with van der Waals surface area (Å²) in [6, 6.07) is 12.2. The summed E-state index contributed by atoms with van der Waals surface area (Å²) < 4.78 is 0. The average Bonchev–Trinajstić information content (AvgIpc) is 2.56. The lowest BCUT2D eigenvalue weighted by Gasteiger charge is -2.09. The van der Waals surface area contributed by atoms with E-state index in [2.05, 4.69) is 24.5 Å². The molecule has 0 aromatic heterocycles. The molecule has 0 radical (unpaired) electrons. The number of carbonyl (C=O) groups is 2. The summed E-state index contributed by atoms with van der Waals surface area (Å²) in [4.78, 5) is 25.2. The molecule has 0 heterocycles. The minimum absolute atomic E-state index is 0.235. The molecule has 0 saturated heterocycles. The first-order valence-corrected chi connectivity index (χ1v) is 8.76. The van der Waals surface area contributed by atoms with Crippen molar-refractivity contribution in [3.8, 4) is 0 Å². The Morgan fingerprint density at radius 3 is 2.29 bits per heavy atom. The molecule has 2 amide bonds. The van der Waals surface area contributed by atoms with Crippen molar-refractivity contribution >= 4 is 40.9 Å². The Hall–Kier alpha value is -1.98. The molecule has 2 aromatic carbocycles. The summed E-state index contributed by atoms with van der Waals surface area (Å²) in [6.07, 6.45) is 0. The Bertz CT molecular complexity index is 745. The molecule has 2 N–H and O–H groups in total. The van der Waals surface area contributed by atoms with E-state index in [9.17, 15) is 9.59 Å². The van der Waals surface area contributed by atoms with Gasteiger partial charge in [-0.25, -0.2) is 0 Å². The normalized spacial score (nSPS) is 10.5. The topological polar surface area (TPSA) is 58.2 Å². The maximum atomic E-state index is 12.3. The number of hydrogen-bond donors (Lipinski definition) is 2. The van der Waals surface area contributed by atoms with E-state index in [1.54, 1.807) is 42.1 Å². The largest absolute Gasteiger partial charge is 0.355 e. The summed E-state index contributed by atoms with van der Waals surface area (Å²) in [5, 5.41) is 6.12. The SMILES string of the molecule is CNC(=O)c1cc(NC(=O)c2ccc(SC(C)C)cc2)ccc1Cl. The summed E-state index contributed by atoms with van der Waals surface area (Å²) >= 11 is 7.75. The van der Waals surface area contributed by atoms with E-state index in [1.165, 1.54) is 7.05 Å². The molecule has 0 saturated carbocycles. The zero-order valence-electron chi connectivity index (χ0n) is 13.7. The van der Waals surface area contributed by atoms with E-state index in [1.807, 2.05) is 12.1 Å². The maximum absolute atomic E-state index is 12.3. The first-order valence-electron chi connectivity index (χ1n) is 7.50. The predicted molar refractivity (Wildman–Crippen MR) is 100 cm³/mol.